The topological polar surface area (TPSA) is 152 Å². The van der Waals surface area contributed by atoms with Gasteiger partial charge in [0.05, 0.1) is 92.5 Å². The van der Waals surface area contributed by atoms with Crippen molar-refractivity contribution in [2.45, 2.75) is 71.0 Å². The Bertz CT molecular complexity index is 793. The number of unbranched alkanes of at least 4 members (excludes halogenated alkanes) is 7. The fourth-order valence-corrected chi connectivity index (χ4v) is 3.96. The van der Waals surface area contributed by atoms with Gasteiger partial charge in [0.1, 0.15) is 12.4 Å². The Morgan fingerprint density at radius 2 is 1.04 bits per heavy atom. The number of carboxylic acids is 1. The number of ether oxygens (including phenoxy) is 8. The Morgan fingerprint density at radius 1 is 0.660 bits per heavy atom. The molecular formula is C35H62O12. The molecule has 274 valence electrons. The van der Waals surface area contributed by atoms with Gasteiger partial charge in [-0.3, -0.25) is 0 Å². The lowest BCUT2D eigenvalue weighted by atomic mass is 10.0. The fraction of sp³-hybridized carbons (Fsp3) is 0.743. The van der Waals surface area contributed by atoms with E-state index in [1.807, 2.05) is 12.1 Å². The van der Waals surface area contributed by atoms with E-state index < -0.39 is 12.3 Å². The second-order valence-electron chi connectivity index (χ2n) is 10.5. The summed E-state index contributed by atoms with van der Waals surface area (Å²) in [6.07, 6.45) is 11.5. The summed E-state index contributed by atoms with van der Waals surface area (Å²) in [6, 6.07) is 7.95. The zero-order valence-corrected chi connectivity index (χ0v) is 28.7. The summed E-state index contributed by atoms with van der Waals surface area (Å²) >= 11 is 0. The molecule has 12 nitrogen and oxygen atoms in total. The number of carboxylic acid groups (broad SMARTS) is 1. The van der Waals surface area contributed by atoms with Crippen molar-refractivity contribution in [2.75, 3.05) is 99.1 Å². The monoisotopic (exact) mass is 674 g/mol. The number of aliphatic hydroxyl groups is 2. The highest BCUT2D eigenvalue weighted by Crippen LogP contribution is 2.16. The van der Waals surface area contributed by atoms with Crippen LogP contribution in [-0.4, -0.2) is 127 Å². The minimum absolute atomic E-state index is 0.0244. The number of rotatable bonds is 34. The molecule has 0 amide bonds. The van der Waals surface area contributed by atoms with E-state index in [0.717, 1.165) is 12.5 Å². The predicted octanol–water partition coefficient (Wildman–Crippen LogP) is 4.43. The molecule has 0 saturated heterocycles. The number of hydrogen-bond acceptors (Lipinski definition) is 11. The molecule has 0 bridgehead atoms. The lowest BCUT2D eigenvalue weighted by molar-refractivity contribution is -0.131. The van der Waals surface area contributed by atoms with Crippen molar-refractivity contribution in [3.05, 3.63) is 42.5 Å². The third kappa shape index (κ3) is 35.0. The number of carbonyl (C=O) groups is 1. The minimum atomic E-state index is -1.02. The van der Waals surface area contributed by atoms with Gasteiger partial charge >= 0.3 is 5.97 Å². The molecule has 1 rings (SSSR count). The van der Waals surface area contributed by atoms with Gasteiger partial charge in [-0.15, -0.1) is 0 Å². The van der Waals surface area contributed by atoms with Gasteiger partial charge in [0.2, 0.25) is 6.29 Å². The number of aliphatic carboxylic acids is 1. The average molecular weight is 675 g/mol. The van der Waals surface area contributed by atoms with Crippen LogP contribution in [0.3, 0.4) is 0 Å². The van der Waals surface area contributed by atoms with Crippen molar-refractivity contribution < 1.29 is 58.0 Å². The van der Waals surface area contributed by atoms with E-state index in [-0.39, 0.29) is 13.2 Å². The predicted molar refractivity (Wildman–Crippen MR) is 180 cm³/mol. The van der Waals surface area contributed by atoms with Crippen molar-refractivity contribution in [1.82, 2.24) is 0 Å². The van der Waals surface area contributed by atoms with Crippen LogP contribution in [-0.2, 0) is 44.4 Å². The van der Waals surface area contributed by atoms with Crippen molar-refractivity contribution in [3.63, 3.8) is 0 Å². The summed E-state index contributed by atoms with van der Waals surface area (Å²) in [5.41, 5.74) is 1.30. The second kappa shape index (κ2) is 36.7. The molecule has 0 radical (unpaired) electrons. The molecule has 0 heterocycles. The molecule has 1 atom stereocenters. The zero-order chi connectivity index (χ0) is 34.5. The Labute approximate surface area is 282 Å². The average Bonchev–Trinajstić information content (AvgIpc) is 3.07. The van der Waals surface area contributed by atoms with Gasteiger partial charge in [0, 0.05) is 6.08 Å². The first-order valence-electron chi connectivity index (χ1n) is 17.0. The van der Waals surface area contributed by atoms with Crippen LogP contribution < -0.4 is 4.74 Å². The van der Waals surface area contributed by atoms with Crippen LogP contribution in [0.4, 0.5) is 0 Å². The third-order valence-corrected chi connectivity index (χ3v) is 6.42. The smallest absolute Gasteiger partial charge is 0.327 e. The lowest BCUT2D eigenvalue weighted by Gasteiger charge is -2.14. The molecule has 3 N–H and O–H groups in total. The van der Waals surface area contributed by atoms with Crippen LogP contribution in [0.25, 0.3) is 0 Å². The molecule has 0 aliphatic rings. The van der Waals surface area contributed by atoms with Gasteiger partial charge in [-0.05, 0) is 30.5 Å². The van der Waals surface area contributed by atoms with E-state index in [1.165, 1.54) is 56.9 Å². The molecule has 0 spiro atoms. The summed E-state index contributed by atoms with van der Waals surface area (Å²) in [4.78, 5) is 9.25. The van der Waals surface area contributed by atoms with Gasteiger partial charge in [-0.2, -0.15) is 0 Å². The molecule has 1 aromatic carbocycles. The molecule has 0 fully saturated rings. The summed E-state index contributed by atoms with van der Waals surface area (Å²) < 4.78 is 43.2. The van der Waals surface area contributed by atoms with E-state index in [1.54, 1.807) is 0 Å². The van der Waals surface area contributed by atoms with E-state index in [9.17, 15) is 9.90 Å². The summed E-state index contributed by atoms with van der Waals surface area (Å²) in [7, 11) is 0. The lowest BCUT2D eigenvalue weighted by Crippen LogP contribution is -2.23. The Hall–Kier alpha value is -2.13. The van der Waals surface area contributed by atoms with E-state index in [2.05, 4.69) is 25.6 Å². The van der Waals surface area contributed by atoms with Crippen LogP contribution >= 0.6 is 0 Å². The standard InChI is InChI=1S/C32H58O10.C3H4O2/c1-2-3-4-5-6-7-8-9-10-30-11-13-31(14-12-30)42-32(34)29-41-28-27-40-26-25-39-24-23-38-22-21-37-20-19-36-18-17-35-16-15-33;1-2-3(4)5/h11-14,32-34H,2-10,15-29H2,1H3;2H,1H2,(H,4,5). The fourth-order valence-electron chi connectivity index (χ4n) is 3.96. The largest absolute Gasteiger partial charge is 0.478 e. The van der Waals surface area contributed by atoms with E-state index in [4.69, 9.17) is 48.1 Å². The highest BCUT2D eigenvalue weighted by molar-refractivity contribution is 5.78. The Balaban J connectivity index is 0.00000391. The molecule has 0 saturated carbocycles. The molecule has 12 heteroatoms. The minimum Gasteiger partial charge on any atom is -0.478 e. The number of aliphatic hydroxyl groups excluding tert-OH is 2. The Kier molecular flexibility index (Phi) is 35.0. The van der Waals surface area contributed by atoms with Gasteiger partial charge in [0.15, 0.2) is 0 Å². The SMILES string of the molecule is C=CC(=O)O.CCCCCCCCCCc1ccc(OC(O)COCCOCCOCCOCCOCCOCCOCCO)cc1. The molecule has 0 aliphatic heterocycles. The highest BCUT2D eigenvalue weighted by atomic mass is 16.6. The molecule has 1 aromatic rings. The van der Waals surface area contributed by atoms with Gasteiger partial charge < -0.3 is 53.2 Å². The maximum absolute atomic E-state index is 10.1. The number of benzene rings is 1. The molecule has 0 aliphatic carbocycles. The Morgan fingerprint density at radius 3 is 1.45 bits per heavy atom. The highest BCUT2D eigenvalue weighted by Gasteiger charge is 2.06. The molecular weight excluding hydrogens is 612 g/mol. The zero-order valence-electron chi connectivity index (χ0n) is 28.7. The van der Waals surface area contributed by atoms with Crippen LogP contribution in [0.15, 0.2) is 36.9 Å². The van der Waals surface area contributed by atoms with Crippen LogP contribution in [0.2, 0.25) is 0 Å². The van der Waals surface area contributed by atoms with Crippen LogP contribution in [0.1, 0.15) is 63.9 Å². The molecule has 1 unspecified atom stereocenters. The first-order valence-corrected chi connectivity index (χ1v) is 17.0. The summed E-state index contributed by atoms with van der Waals surface area (Å²) in [5, 5.41) is 26.2. The maximum Gasteiger partial charge on any atom is 0.327 e. The van der Waals surface area contributed by atoms with Crippen LogP contribution in [0, 0.1) is 0 Å². The number of aryl methyl sites for hydroxylation is 1. The second-order valence-corrected chi connectivity index (χ2v) is 10.5. The van der Waals surface area contributed by atoms with E-state index >= 15 is 0 Å². The quantitative estimate of drug-likeness (QED) is 0.0539. The molecule has 0 aromatic heterocycles. The van der Waals surface area contributed by atoms with Crippen molar-refractivity contribution in [3.8, 4) is 5.75 Å². The van der Waals surface area contributed by atoms with Gasteiger partial charge in [0.25, 0.3) is 0 Å². The molecule has 47 heavy (non-hydrogen) atoms. The third-order valence-electron chi connectivity index (χ3n) is 6.42. The van der Waals surface area contributed by atoms with Gasteiger partial charge in [-0.1, -0.05) is 70.6 Å². The van der Waals surface area contributed by atoms with Crippen molar-refractivity contribution >= 4 is 5.97 Å². The van der Waals surface area contributed by atoms with Crippen molar-refractivity contribution in [1.29, 1.82) is 0 Å². The normalized spacial score (nSPS) is 11.6. The summed E-state index contributed by atoms with van der Waals surface area (Å²) in [6.45, 7) is 11.3. The first kappa shape index (κ1) is 44.9. The number of hydrogen-bond donors (Lipinski definition) is 3. The first-order chi connectivity index (χ1) is 23.0. The van der Waals surface area contributed by atoms with E-state index in [0.29, 0.717) is 91.6 Å². The van der Waals surface area contributed by atoms with Crippen LogP contribution in [0.5, 0.6) is 5.75 Å². The maximum atomic E-state index is 10.1. The van der Waals surface area contributed by atoms with Gasteiger partial charge in [-0.25, -0.2) is 4.79 Å². The van der Waals surface area contributed by atoms with Crippen molar-refractivity contribution in [2.24, 2.45) is 0 Å². The summed E-state index contributed by atoms with van der Waals surface area (Å²) in [5.74, 6) is -0.344.